The Morgan fingerprint density at radius 3 is 2.90 bits per heavy atom. The second-order valence-electron chi connectivity index (χ2n) is 5.37. The number of aromatic nitrogens is 1. The molecule has 5 heteroatoms. The molecule has 0 atom stereocenters. The highest BCUT2D eigenvalue weighted by Gasteiger charge is 2.27. The molecule has 1 aromatic carbocycles. The molecule has 1 aliphatic rings. The van der Waals surface area contributed by atoms with Gasteiger partial charge in [0.1, 0.15) is 5.75 Å². The molecule has 1 heterocycles. The second-order valence-corrected chi connectivity index (χ2v) is 5.37. The predicted molar refractivity (Wildman–Crippen MR) is 73.3 cm³/mol. The molecule has 1 saturated carbocycles. The monoisotopic (exact) mass is 272 g/mol. The summed E-state index contributed by atoms with van der Waals surface area (Å²) >= 11 is 0. The minimum atomic E-state index is -0.211. The Labute approximate surface area is 116 Å². The molecule has 0 radical (unpaired) electrons. The van der Waals surface area contributed by atoms with Crippen LogP contribution in [0.2, 0.25) is 0 Å². The smallest absolute Gasteiger partial charge is 0.273 e. The summed E-state index contributed by atoms with van der Waals surface area (Å²) in [5.74, 6) is 1.08. The lowest BCUT2D eigenvalue weighted by molar-refractivity contribution is 0.0887. The zero-order valence-electron chi connectivity index (χ0n) is 11.2. The number of rotatable bonds is 3. The van der Waals surface area contributed by atoms with Crippen LogP contribution in [0.3, 0.4) is 0 Å². The molecule has 20 heavy (non-hydrogen) atoms. The van der Waals surface area contributed by atoms with Crippen LogP contribution in [0.25, 0.3) is 11.3 Å². The molecule has 0 spiro atoms. The van der Waals surface area contributed by atoms with Gasteiger partial charge in [0.05, 0.1) is 0 Å². The first kappa shape index (κ1) is 12.7. The highest BCUT2D eigenvalue weighted by atomic mass is 16.5. The Morgan fingerprint density at radius 1 is 1.40 bits per heavy atom. The van der Waals surface area contributed by atoms with Gasteiger partial charge in [-0.25, -0.2) is 0 Å². The average Bonchev–Trinajstić information content (AvgIpc) is 2.86. The molecular formula is C15H16N2O3. The molecule has 0 unspecified atom stereocenters. The fourth-order valence-electron chi connectivity index (χ4n) is 2.46. The van der Waals surface area contributed by atoms with E-state index < -0.39 is 0 Å². The molecule has 1 fully saturated rings. The van der Waals surface area contributed by atoms with E-state index in [0.717, 1.165) is 12.8 Å². The van der Waals surface area contributed by atoms with Crippen molar-refractivity contribution in [3.8, 4) is 17.1 Å². The van der Waals surface area contributed by atoms with E-state index in [0.29, 0.717) is 17.2 Å². The molecular weight excluding hydrogens is 256 g/mol. The highest BCUT2D eigenvalue weighted by Crippen LogP contribution is 2.27. The number of phenolic OH excluding ortho intramolecular Hbond substituents is 1. The van der Waals surface area contributed by atoms with Crippen LogP contribution in [0.15, 0.2) is 34.9 Å². The number of benzene rings is 1. The molecule has 5 nitrogen and oxygen atoms in total. The number of aromatic hydroxyl groups is 1. The number of hydrogen-bond donors (Lipinski definition) is 2. The lowest BCUT2D eigenvalue weighted by Gasteiger charge is -2.32. The molecule has 1 amide bonds. The minimum absolute atomic E-state index is 0.147. The topological polar surface area (TPSA) is 75.4 Å². The molecule has 0 aliphatic heterocycles. The molecule has 0 saturated heterocycles. The predicted octanol–water partition coefficient (Wildman–Crippen LogP) is 2.58. The lowest BCUT2D eigenvalue weighted by atomic mass is 9.82. The Hall–Kier alpha value is -2.30. The van der Waals surface area contributed by atoms with E-state index in [-0.39, 0.29) is 23.4 Å². The molecule has 104 valence electrons. The van der Waals surface area contributed by atoms with Crippen LogP contribution in [0.1, 0.15) is 30.3 Å². The zero-order valence-corrected chi connectivity index (χ0v) is 11.2. The third kappa shape index (κ3) is 2.52. The number of phenols is 1. The zero-order chi connectivity index (χ0) is 14.1. The van der Waals surface area contributed by atoms with Crippen LogP contribution in [0.5, 0.6) is 5.75 Å². The summed E-state index contributed by atoms with van der Waals surface area (Å²) in [6.45, 7) is 2.17. The van der Waals surface area contributed by atoms with Gasteiger partial charge < -0.3 is 14.9 Å². The van der Waals surface area contributed by atoms with Crippen LogP contribution in [-0.2, 0) is 0 Å². The van der Waals surface area contributed by atoms with Gasteiger partial charge in [-0.05, 0) is 30.9 Å². The van der Waals surface area contributed by atoms with E-state index in [1.807, 2.05) is 0 Å². The lowest BCUT2D eigenvalue weighted by Crippen LogP contribution is -2.43. The Kier molecular flexibility index (Phi) is 3.18. The van der Waals surface area contributed by atoms with Crippen molar-refractivity contribution in [2.75, 3.05) is 0 Å². The summed E-state index contributed by atoms with van der Waals surface area (Å²) in [7, 11) is 0. The van der Waals surface area contributed by atoms with E-state index in [1.54, 1.807) is 30.3 Å². The summed E-state index contributed by atoms with van der Waals surface area (Å²) in [6.07, 6.45) is 2.03. The summed E-state index contributed by atoms with van der Waals surface area (Å²) in [5, 5.41) is 16.1. The van der Waals surface area contributed by atoms with E-state index in [9.17, 15) is 9.90 Å². The van der Waals surface area contributed by atoms with Crippen LogP contribution in [-0.4, -0.2) is 22.2 Å². The van der Waals surface area contributed by atoms with E-state index in [2.05, 4.69) is 17.4 Å². The summed E-state index contributed by atoms with van der Waals surface area (Å²) in [4.78, 5) is 12.0. The van der Waals surface area contributed by atoms with Crippen LogP contribution in [0.4, 0.5) is 0 Å². The van der Waals surface area contributed by atoms with Crippen LogP contribution in [0, 0.1) is 5.92 Å². The Balaban J connectivity index is 1.71. The quantitative estimate of drug-likeness (QED) is 0.900. The molecule has 2 aromatic rings. The Morgan fingerprint density at radius 2 is 2.20 bits per heavy atom. The van der Waals surface area contributed by atoms with Crippen LogP contribution >= 0.6 is 0 Å². The fourth-order valence-corrected chi connectivity index (χ4v) is 2.46. The molecule has 1 aromatic heterocycles. The first-order valence-electron chi connectivity index (χ1n) is 6.69. The average molecular weight is 272 g/mol. The van der Waals surface area contributed by atoms with Gasteiger partial charge in [-0.2, -0.15) is 0 Å². The standard InChI is InChI=1S/C15H16N2O3/c1-9-5-11(6-9)16-15(19)13-8-14(20-17-13)10-3-2-4-12(18)7-10/h2-4,7-9,11,18H,5-6H2,1H3,(H,16,19)/t9-,11+. The minimum Gasteiger partial charge on any atom is -0.508 e. The van der Waals surface area contributed by atoms with Crippen molar-refractivity contribution in [3.05, 3.63) is 36.0 Å². The normalized spacial score (nSPS) is 21.2. The summed E-state index contributed by atoms with van der Waals surface area (Å²) in [6, 6.07) is 8.48. The number of carbonyl (C=O) groups excluding carboxylic acids is 1. The third-order valence-electron chi connectivity index (χ3n) is 3.58. The number of nitrogens with one attached hydrogen (secondary N) is 1. The van der Waals surface area contributed by atoms with Crippen molar-refractivity contribution in [2.24, 2.45) is 5.92 Å². The van der Waals surface area contributed by atoms with Gasteiger partial charge in [-0.3, -0.25) is 4.79 Å². The fraction of sp³-hybridized carbons (Fsp3) is 0.333. The van der Waals surface area contributed by atoms with Crippen molar-refractivity contribution in [1.29, 1.82) is 0 Å². The number of amides is 1. The van der Waals surface area contributed by atoms with Crippen LogP contribution < -0.4 is 5.32 Å². The van der Waals surface area contributed by atoms with E-state index >= 15 is 0 Å². The Bertz CT molecular complexity index is 630. The maximum Gasteiger partial charge on any atom is 0.273 e. The van der Waals surface area contributed by atoms with E-state index in [4.69, 9.17) is 4.52 Å². The van der Waals surface area contributed by atoms with Gasteiger partial charge in [0.15, 0.2) is 11.5 Å². The van der Waals surface area contributed by atoms with Gasteiger partial charge in [0.2, 0.25) is 0 Å². The summed E-state index contributed by atoms with van der Waals surface area (Å²) < 4.78 is 5.16. The SMILES string of the molecule is C[C@H]1C[C@@H](NC(=O)c2cc(-c3cccc(O)c3)on2)C1. The maximum atomic E-state index is 12.0. The largest absolute Gasteiger partial charge is 0.508 e. The summed E-state index contributed by atoms with van der Waals surface area (Å²) in [5.41, 5.74) is 0.955. The highest BCUT2D eigenvalue weighted by molar-refractivity contribution is 5.93. The number of carbonyl (C=O) groups is 1. The molecule has 2 N–H and O–H groups in total. The number of nitrogens with zero attached hydrogens (tertiary/aromatic N) is 1. The first-order valence-corrected chi connectivity index (χ1v) is 6.69. The van der Waals surface area contributed by atoms with Crippen molar-refractivity contribution < 1.29 is 14.4 Å². The third-order valence-corrected chi connectivity index (χ3v) is 3.58. The first-order chi connectivity index (χ1) is 9.61. The van der Waals surface area contributed by atoms with Crippen molar-refractivity contribution in [2.45, 2.75) is 25.8 Å². The molecule has 0 bridgehead atoms. The van der Waals surface area contributed by atoms with Gasteiger partial charge in [-0.15, -0.1) is 0 Å². The maximum absolute atomic E-state index is 12.0. The molecule has 1 aliphatic carbocycles. The van der Waals surface area contributed by atoms with Gasteiger partial charge in [0, 0.05) is 17.7 Å². The number of hydrogen-bond acceptors (Lipinski definition) is 4. The molecule has 3 rings (SSSR count). The van der Waals surface area contributed by atoms with Gasteiger partial charge in [0.25, 0.3) is 5.91 Å². The van der Waals surface area contributed by atoms with Crippen molar-refractivity contribution >= 4 is 5.91 Å². The van der Waals surface area contributed by atoms with Gasteiger partial charge in [-0.1, -0.05) is 24.2 Å². The van der Waals surface area contributed by atoms with E-state index in [1.165, 1.54) is 0 Å². The second kappa shape index (κ2) is 5.00. The van der Waals surface area contributed by atoms with Gasteiger partial charge >= 0.3 is 0 Å². The van der Waals surface area contributed by atoms with Crippen molar-refractivity contribution in [1.82, 2.24) is 10.5 Å². The van der Waals surface area contributed by atoms with Crippen molar-refractivity contribution in [3.63, 3.8) is 0 Å².